The smallest absolute Gasteiger partial charge is 0.475 e. The minimum Gasteiger partial charge on any atom is -0.475 e. The Balaban J connectivity index is 0.000000630. The predicted molar refractivity (Wildman–Crippen MR) is 175 cm³/mol. The zero-order valence-corrected chi connectivity index (χ0v) is 28.3. The molecule has 2 fully saturated rings. The number of hydrogen-bond donors (Lipinski definition) is 3. The normalized spacial score (nSPS) is 19.7. The first-order valence-corrected chi connectivity index (χ1v) is 17.4. The van der Waals surface area contributed by atoms with Crippen molar-refractivity contribution in [3.05, 3.63) is 95.1 Å². The maximum atomic E-state index is 16.2. The van der Waals surface area contributed by atoms with Gasteiger partial charge in [-0.05, 0) is 78.9 Å². The topological polar surface area (TPSA) is 152 Å². The average molecular weight is 786 g/mol. The Hall–Kier alpha value is -4.19. The first kappa shape index (κ1) is 37.1. The zero-order valence-electron chi connectivity index (χ0n) is 25.9. The molecule has 2 bridgehead atoms. The van der Waals surface area contributed by atoms with Crippen molar-refractivity contribution in [1.29, 1.82) is 0 Å². The van der Waals surface area contributed by atoms with Crippen LogP contribution in [-0.4, -0.2) is 65.6 Å². The highest BCUT2D eigenvalue weighted by Crippen LogP contribution is 2.40. The molecule has 2 saturated heterocycles. The van der Waals surface area contributed by atoms with E-state index in [1.54, 1.807) is 48.7 Å². The second-order valence-corrected chi connectivity index (χ2v) is 14.4. The number of amides is 1. The van der Waals surface area contributed by atoms with E-state index in [0.29, 0.717) is 52.6 Å². The van der Waals surface area contributed by atoms with Gasteiger partial charge < -0.3 is 20.5 Å². The highest BCUT2D eigenvalue weighted by molar-refractivity contribution is 9.10. The monoisotopic (exact) mass is 784 g/mol. The molecule has 6 rings (SSSR count). The van der Waals surface area contributed by atoms with E-state index in [4.69, 9.17) is 20.4 Å². The zero-order chi connectivity index (χ0) is 36.4. The molecule has 3 heterocycles. The summed E-state index contributed by atoms with van der Waals surface area (Å²) in [5.74, 6) is -6.66. The summed E-state index contributed by atoms with van der Waals surface area (Å²) in [6, 6.07) is 16.7. The molecule has 0 aliphatic carbocycles. The van der Waals surface area contributed by atoms with Crippen LogP contribution in [0.5, 0.6) is 11.6 Å². The lowest BCUT2D eigenvalue weighted by Gasteiger charge is -2.41. The third-order valence-electron chi connectivity index (χ3n) is 8.33. The van der Waals surface area contributed by atoms with Crippen LogP contribution in [0.4, 0.5) is 22.0 Å². The molecule has 2 unspecified atom stereocenters. The summed E-state index contributed by atoms with van der Waals surface area (Å²) in [4.78, 5) is 28.1. The number of carboxylic acid groups (broad SMARTS) is 1. The number of alkyl halides is 5. The van der Waals surface area contributed by atoms with Gasteiger partial charge in [-0.1, -0.05) is 46.3 Å². The van der Waals surface area contributed by atoms with Gasteiger partial charge in [0.15, 0.2) is 6.04 Å². The van der Waals surface area contributed by atoms with Gasteiger partial charge in [0.1, 0.15) is 5.75 Å². The van der Waals surface area contributed by atoms with Gasteiger partial charge in [-0.2, -0.15) is 26.7 Å². The van der Waals surface area contributed by atoms with Crippen molar-refractivity contribution in [1.82, 2.24) is 14.6 Å². The highest BCUT2D eigenvalue weighted by Gasteiger charge is 2.53. The van der Waals surface area contributed by atoms with Gasteiger partial charge in [-0.15, -0.1) is 0 Å². The highest BCUT2D eigenvalue weighted by atomic mass is 79.9. The van der Waals surface area contributed by atoms with Crippen LogP contribution in [0.1, 0.15) is 31.2 Å². The number of sulfonamides is 1. The number of nitrogens with two attached hydrogens (primary N) is 1. The number of carboxylic acids is 1. The Morgan fingerprint density at radius 2 is 1.54 bits per heavy atom. The van der Waals surface area contributed by atoms with Gasteiger partial charge in [0, 0.05) is 40.4 Å². The summed E-state index contributed by atoms with van der Waals surface area (Å²) in [6.07, 6.45) is -1.22. The molecule has 3 atom stereocenters. The molecule has 1 amide bonds. The maximum absolute atomic E-state index is 16.2. The van der Waals surface area contributed by atoms with Crippen LogP contribution >= 0.6 is 15.9 Å². The van der Waals surface area contributed by atoms with E-state index in [9.17, 15) is 26.4 Å². The molecule has 10 nitrogen and oxygen atoms in total. The molecule has 50 heavy (non-hydrogen) atoms. The molecule has 0 saturated carbocycles. The number of ether oxygens (including phenoxy) is 1. The quantitative estimate of drug-likeness (QED) is 0.175. The molecular weight excluding hydrogens is 755 g/mol. The van der Waals surface area contributed by atoms with Gasteiger partial charge in [-0.3, -0.25) is 4.79 Å². The number of benzene rings is 3. The largest absolute Gasteiger partial charge is 0.490 e. The molecule has 2 aliphatic rings. The SMILES string of the molecule is NC1CC2CCC(C1)N2C(=O)[C@@H](NS(=O)(=O)c1ccc2cc(Oc3ccccn3)ccc2c1)C(F)(F)c1ccc(Br)cc1.O=C(O)C(F)(F)F. The summed E-state index contributed by atoms with van der Waals surface area (Å²) in [6.45, 7) is 0. The minimum atomic E-state index is -5.08. The molecule has 17 heteroatoms. The Labute approximate surface area is 291 Å². The second-order valence-electron chi connectivity index (χ2n) is 11.8. The summed E-state index contributed by atoms with van der Waals surface area (Å²) in [7, 11) is -4.57. The number of fused-ring (bicyclic) bond motifs is 3. The predicted octanol–water partition coefficient (Wildman–Crippen LogP) is 6.34. The van der Waals surface area contributed by atoms with Gasteiger partial charge >= 0.3 is 12.1 Å². The molecule has 4 N–H and O–H groups in total. The van der Waals surface area contributed by atoms with Crippen molar-refractivity contribution >= 4 is 48.6 Å². The summed E-state index contributed by atoms with van der Waals surface area (Å²) in [5.41, 5.74) is 5.67. The number of carbonyl (C=O) groups excluding carboxylic acids is 1. The summed E-state index contributed by atoms with van der Waals surface area (Å²) in [5, 5.41) is 8.34. The number of aliphatic carboxylic acids is 1. The first-order chi connectivity index (χ1) is 23.5. The maximum Gasteiger partial charge on any atom is 0.490 e. The average Bonchev–Trinajstić information content (AvgIpc) is 3.33. The van der Waals surface area contributed by atoms with Crippen molar-refractivity contribution in [2.75, 3.05) is 0 Å². The number of nitrogens with zero attached hydrogens (tertiary/aromatic N) is 2. The van der Waals surface area contributed by atoms with Crippen molar-refractivity contribution in [2.45, 2.75) is 66.8 Å². The second kappa shape index (κ2) is 14.6. The molecule has 1 aromatic heterocycles. The number of pyridine rings is 1. The van der Waals surface area contributed by atoms with Crippen LogP contribution in [0.15, 0.2) is 94.4 Å². The lowest BCUT2D eigenvalue weighted by molar-refractivity contribution is -0.192. The lowest BCUT2D eigenvalue weighted by Crippen LogP contribution is -2.60. The molecular formula is C33H30BrF5N4O6S. The van der Waals surface area contributed by atoms with Gasteiger partial charge in [0.25, 0.3) is 5.92 Å². The Morgan fingerprint density at radius 1 is 0.940 bits per heavy atom. The van der Waals surface area contributed by atoms with Crippen molar-refractivity contribution in [3.8, 4) is 11.6 Å². The number of piperidine rings is 1. The molecule has 4 aromatic rings. The van der Waals surface area contributed by atoms with Crippen molar-refractivity contribution in [3.63, 3.8) is 0 Å². The van der Waals surface area contributed by atoms with E-state index in [1.807, 2.05) is 0 Å². The van der Waals surface area contributed by atoms with Crippen molar-refractivity contribution < 1.29 is 49.8 Å². The number of aromatic nitrogens is 1. The lowest BCUT2D eigenvalue weighted by atomic mass is 9.95. The number of hydrogen-bond acceptors (Lipinski definition) is 7. The van der Waals surface area contributed by atoms with E-state index in [1.165, 1.54) is 41.3 Å². The van der Waals surface area contributed by atoms with Gasteiger partial charge in [0.2, 0.25) is 21.8 Å². The van der Waals surface area contributed by atoms with Crippen LogP contribution in [0.25, 0.3) is 10.8 Å². The van der Waals surface area contributed by atoms with E-state index in [0.717, 1.165) is 0 Å². The van der Waals surface area contributed by atoms with E-state index >= 15 is 8.78 Å². The molecule has 3 aromatic carbocycles. The van der Waals surface area contributed by atoms with Crippen molar-refractivity contribution in [2.24, 2.45) is 5.73 Å². The molecule has 0 radical (unpaired) electrons. The third kappa shape index (κ3) is 8.39. The van der Waals surface area contributed by atoms with E-state index < -0.39 is 45.6 Å². The fourth-order valence-corrected chi connectivity index (χ4v) is 7.52. The standard InChI is InChI=1S/C31H29BrF2N4O4S.C2HF3O2/c32-22-8-6-21(7-9-22)31(33,34)29(30(39)38-24-10-11-25(38)18-23(35)17-24)37-43(40,41)27-13-5-19-15-26(12-4-20(19)16-27)42-28-3-1-2-14-36-28;3-2(4,5)1(6)7/h1-9,12-16,23-25,29,37H,10-11,17-18,35H2;(H,6,7)/t23?,24?,25?,29-;/m1./s1. The van der Waals surface area contributed by atoms with Crippen LogP contribution in [0, 0.1) is 0 Å². The van der Waals surface area contributed by atoms with E-state index in [-0.39, 0.29) is 23.0 Å². The molecule has 266 valence electrons. The Morgan fingerprint density at radius 3 is 2.12 bits per heavy atom. The van der Waals surface area contributed by atoms with Crippen LogP contribution in [0.3, 0.4) is 0 Å². The van der Waals surface area contributed by atoms with Gasteiger partial charge in [0.05, 0.1) is 4.90 Å². The third-order valence-corrected chi connectivity index (χ3v) is 10.3. The minimum absolute atomic E-state index is 0.129. The Bertz CT molecular complexity index is 1960. The Kier molecular flexibility index (Phi) is 10.8. The number of halogens is 6. The molecule has 2 aliphatic heterocycles. The fourth-order valence-electron chi connectivity index (χ4n) is 6.03. The van der Waals surface area contributed by atoms with Crippen LogP contribution in [0.2, 0.25) is 0 Å². The summed E-state index contributed by atoms with van der Waals surface area (Å²) >= 11 is 3.24. The van der Waals surface area contributed by atoms with E-state index in [2.05, 4.69) is 25.6 Å². The number of nitrogens with one attached hydrogen (secondary N) is 1. The fraction of sp³-hybridized carbons (Fsp3) is 0.303. The van der Waals surface area contributed by atoms with Crippen LogP contribution in [-0.2, 0) is 25.5 Å². The summed E-state index contributed by atoms with van der Waals surface area (Å²) < 4.78 is 99.9. The number of rotatable bonds is 8. The molecule has 0 spiro atoms. The number of carbonyl (C=O) groups is 2. The van der Waals surface area contributed by atoms with Crippen LogP contribution < -0.4 is 15.2 Å². The van der Waals surface area contributed by atoms with Gasteiger partial charge in [-0.25, -0.2) is 18.2 Å². The first-order valence-electron chi connectivity index (χ1n) is 15.1.